The van der Waals surface area contributed by atoms with Crippen molar-refractivity contribution in [3.8, 4) is 11.9 Å². The Morgan fingerprint density at radius 1 is 1.13 bits per heavy atom. The molecule has 0 radical (unpaired) electrons. The lowest BCUT2D eigenvalue weighted by Crippen LogP contribution is -2.44. The van der Waals surface area contributed by atoms with Crippen LogP contribution in [-0.2, 0) is 26.2 Å². The maximum Gasteiger partial charge on any atom is 0.335 e. The molecule has 4 heterocycles. The molecule has 1 aliphatic carbocycles. The van der Waals surface area contributed by atoms with E-state index in [9.17, 15) is 14.3 Å². The van der Waals surface area contributed by atoms with Gasteiger partial charge in [0.2, 0.25) is 5.88 Å². The molecule has 1 fully saturated rings. The summed E-state index contributed by atoms with van der Waals surface area (Å²) in [6.07, 6.45) is 1.73. The number of hydrogen-bond acceptors (Lipinski definition) is 9. The monoisotopic (exact) mass is 619 g/mol. The Kier molecular flexibility index (Phi) is 7.32. The molecule has 0 saturated carbocycles. The molecule has 0 amide bonds. The molecule has 3 aromatic heterocycles. The fourth-order valence-corrected chi connectivity index (χ4v) is 6.13. The van der Waals surface area contributed by atoms with Gasteiger partial charge in [0.05, 0.1) is 59.3 Å². The molecule has 1 atom stereocenters. The number of ether oxygens (including phenoxy) is 1. The summed E-state index contributed by atoms with van der Waals surface area (Å²) in [5.74, 6) is 0.504. The summed E-state index contributed by atoms with van der Waals surface area (Å²) in [6, 6.07) is 16.9. The van der Waals surface area contributed by atoms with Crippen LogP contribution < -0.4 is 9.64 Å². The Balaban J connectivity index is 1.10. The number of hydrogen-bond donors (Lipinski definition) is 1. The van der Waals surface area contributed by atoms with Gasteiger partial charge >= 0.3 is 5.97 Å². The summed E-state index contributed by atoms with van der Waals surface area (Å²) < 4.78 is 24.1. The number of nitrogens with zero attached hydrogens (tertiary/aromatic N) is 9. The first kappa shape index (κ1) is 29.0. The summed E-state index contributed by atoms with van der Waals surface area (Å²) in [5, 5.41) is 26.9. The summed E-state index contributed by atoms with van der Waals surface area (Å²) in [5.41, 5.74) is 5.66. The van der Waals surface area contributed by atoms with Gasteiger partial charge in [-0.1, -0.05) is 17.3 Å². The first-order valence-electron chi connectivity index (χ1n) is 14.9. The van der Waals surface area contributed by atoms with Gasteiger partial charge in [0.25, 0.3) is 0 Å². The second-order valence-electron chi connectivity index (χ2n) is 11.3. The maximum absolute atomic E-state index is 14.4. The van der Waals surface area contributed by atoms with Crippen LogP contribution in [-0.4, -0.2) is 64.6 Å². The van der Waals surface area contributed by atoms with Gasteiger partial charge in [-0.3, -0.25) is 0 Å². The van der Waals surface area contributed by atoms with E-state index in [4.69, 9.17) is 20.0 Å². The zero-order chi connectivity index (χ0) is 31.9. The molecule has 1 aliphatic heterocycles. The molecule has 2 aliphatic rings. The molecule has 7 rings (SSSR count). The highest BCUT2D eigenvalue weighted by Crippen LogP contribution is 2.44. The standard InChI is InChI=1S/C33H30FN9O3/c1-3-43-24(16-36-39-43)17-42-27-14-22(33(44)45)9-10-26(27)37-29(42)18-40-11-12-41(32-20(2)31(32)40)28-5-4-6-30(38-28)46-19-23-8-7-21(15-35)13-25(23)34/h4-10,13-14,16,32H,3,11-12,17-19H2,1-2H3,(H,44,45)/t32-/m0/s1. The van der Waals surface area contributed by atoms with Crippen molar-refractivity contribution in [2.24, 2.45) is 0 Å². The quantitative estimate of drug-likeness (QED) is 0.240. The van der Waals surface area contributed by atoms with Crippen LogP contribution in [0.25, 0.3) is 11.0 Å². The molecule has 0 unspecified atom stereocenters. The molecule has 13 heteroatoms. The number of carboxylic acids is 1. The summed E-state index contributed by atoms with van der Waals surface area (Å²) in [6.45, 7) is 7.23. The van der Waals surface area contributed by atoms with Crippen molar-refractivity contribution < 1.29 is 19.0 Å². The lowest BCUT2D eigenvalue weighted by Gasteiger charge is -2.35. The number of aromatic nitrogens is 6. The van der Waals surface area contributed by atoms with Crippen molar-refractivity contribution in [2.45, 2.75) is 46.1 Å². The molecule has 2 aromatic carbocycles. The van der Waals surface area contributed by atoms with E-state index in [-0.39, 0.29) is 23.8 Å². The van der Waals surface area contributed by atoms with E-state index in [0.29, 0.717) is 37.6 Å². The zero-order valence-corrected chi connectivity index (χ0v) is 25.3. The highest BCUT2D eigenvalue weighted by atomic mass is 19.1. The maximum atomic E-state index is 14.4. The van der Waals surface area contributed by atoms with Crippen molar-refractivity contribution in [1.82, 2.24) is 34.4 Å². The first-order chi connectivity index (χ1) is 22.3. The van der Waals surface area contributed by atoms with Crippen LogP contribution in [0.15, 0.2) is 72.1 Å². The summed E-state index contributed by atoms with van der Waals surface area (Å²) >= 11 is 0. The normalized spacial score (nSPS) is 15.7. The van der Waals surface area contributed by atoms with Crippen LogP contribution in [0.3, 0.4) is 0 Å². The SMILES string of the molecule is CCn1nncc1Cn1c(CN2CCN(c3cccc(OCc4ccc(C#N)cc4F)n3)[C@H]3C(C)=C32)nc2ccc(C(=O)O)cc21. The average Bonchev–Trinajstić information content (AvgIpc) is 3.38. The number of benzene rings is 2. The van der Waals surface area contributed by atoms with Gasteiger partial charge in [0, 0.05) is 37.0 Å². The molecule has 5 aromatic rings. The number of aromatic carboxylic acids is 1. The lowest BCUT2D eigenvalue weighted by molar-refractivity contribution is 0.0697. The molecule has 1 N–H and O–H groups in total. The number of aryl methyl sites for hydroxylation is 1. The van der Waals surface area contributed by atoms with Gasteiger partial charge in [-0.2, -0.15) is 10.2 Å². The number of imidazole rings is 1. The Hall–Kier alpha value is -5.77. The van der Waals surface area contributed by atoms with Crippen LogP contribution >= 0.6 is 0 Å². The third kappa shape index (κ3) is 5.27. The van der Waals surface area contributed by atoms with Crippen molar-refractivity contribution >= 4 is 22.8 Å². The molecule has 232 valence electrons. The van der Waals surface area contributed by atoms with Crippen LogP contribution in [0.2, 0.25) is 0 Å². The Morgan fingerprint density at radius 2 is 2.00 bits per heavy atom. The van der Waals surface area contributed by atoms with Crippen molar-refractivity contribution in [3.05, 3.63) is 106 Å². The average molecular weight is 620 g/mol. The van der Waals surface area contributed by atoms with Gasteiger partial charge in [-0.25, -0.2) is 18.9 Å². The molecule has 1 saturated heterocycles. The van der Waals surface area contributed by atoms with Crippen molar-refractivity contribution in [1.29, 1.82) is 5.26 Å². The van der Waals surface area contributed by atoms with Gasteiger partial charge in [-0.15, -0.1) is 5.10 Å². The highest BCUT2D eigenvalue weighted by molar-refractivity contribution is 5.92. The molecule has 12 nitrogen and oxygen atoms in total. The third-order valence-corrected chi connectivity index (χ3v) is 8.54. The third-order valence-electron chi connectivity index (χ3n) is 8.54. The van der Waals surface area contributed by atoms with Crippen molar-refractivity contribution in [3.63, 3.8) is 0 Å². The minimum absolute atomic E-state index is 0.00219. The zero-order valence-electron chi connectivity index (χ0n) is 25.3. The smallest absolute Gasteiger partial charge is 0.335 e. The fourth-order valence-electron chi connectivity index (χ4n) is 6.13. The Morgan fingerprint density at radius 3 is 2.78 bits per heavy atom. The minimum atomic E-state index is -0.987. The molecular weight excluding hydrogens is 589 g/mol. The number of anilines is 1. The Labute approximate surface area is 263 Å². The molecule has 46 heavy (non-hydrogen) atoms. The number of halogens is 1. The number of rotatable bonds is 10. The van der Waals surface area contributed by atoms with Crippen LogP contribution in [0.1, 0.15) is 46.9 Å². The van der Waals surface area contributed by atoms with Crippen LogP contribution in [0, 0.1) is 17.1 Å². The van der Waals surface area contributed by atoms with Crippen molar-refractivity contribution in [2.75, 3.05) is 18.0 Å². The largest absolute Gasteiger partial charge is 0.478 e. The number of piperazine rings is 1. The fraction of sp³-hybridized carbons (Fsp3) is 0.273. The van der Waals surface area contributed by atoms with Crippen LogP contribution in [0.5, 0.6) is 5.88 Å². The van der Waals surface area contributed by atoms with E-state index >= 15 is 0 Å². The number of carbonyl (C=O) groups is 1. The summed E-state index contributed by atoms with van der Waals surface area (Å²) in [7, 11) is 0. The number of carboxylic acid groups (broad SMARTS) is 1. The highest BCUT2D eigenvalue weighted by Gasteiger charge is 2.46. The van der Waals surface area contributed by atoms with Gasteiger partial charge in [0.1, 0.15) is 24.1 Å². The van der Waals surface area contributed by atoms with E-state index in [1.807, 2.05) is 29.8 Å². The second-order valence-corrected chi connectivity index (χ2v) is 11.3. The van der Waals surface area contributed by atoms with E-state index < -0.39 is 11.8 Å². The minimum Gasteiger partial charge on any atom is -0.478 e. The topological polar surface area (TPSA) is 138 Å². The van der Waals surface area contributed by atoms with E-state index in [1.54, 1.807) is 42.6 Å². The van der Waals surface area contributed by atoms with E-state index in [1.165, 1.54) is 17.3 Å². The van der Waals surface area contributed by atoms with E-state index in [0.717, 1.165) is 34.9 Å². The van der Waals surface area contributed by atoms with Crippen LogP contribution in [0.4, 0.5) is 10.2 Å². The van der Waals surface area contributed by atoms with E-state index in [2.05, 4.69) is 31.6 Å². The predicted molar refractivity (Wildman–Crippen MR) is 165 cm³/mol. The second kappa shape index (κ2) is 11.6. The Bertz CT molecular complexity index is 2060. The van der Waals surface area contributed by atoms with Gasteiger partial charge in [-0.05, 0) is 55.8 Å². The number of nitriles is 1. The molecule has 0 bridgehead atoms. The lowest BCUT2D eigenvalue weighted by atomic mass is 10.1. The first-order valence-corrected chi connectivity index (χ1v) is 14.9. The molecular formula is C33H30FN9O3. The molecule has 0 spiro atoms. The van der Waals surface area contributed by atoms with Gasteiger partial charge < -0.3 is 24.2 Å². The summed E-state index contributed by atoms with van der Waals surface area (Å²) in [4.78, 5) is 26.0. The predicted octanol–water partition coefficient (Wildman–Crippen LogP) is 4.36. The number of pyridine rings is 1. The number of fused-ring (bicyclic) bond motifs is 2. The van der Waals surface area contributed by atoms with Gasteiger partial charge in [0.15, 0.2) is 0 Å².